The summed E-state index contributed by atoms with van der Waals surface area (Å²) in [5, 5.41) is 0. The SMILES string of the molecule is NCCCN1CC=C(c2cnc3n(CCCN)c(-c4ccc(F)cc4)cn3c2=O)CC1. The Morgan fingerprint density at radius 3 is 2.48 bits per heavy atom. The van der Waals surface area contributed by atoms with Crippen LogP contribution in [0.2, 0.25) is 0 Å². The van der Waals surface area contributed by atoms with Gasteiger partial charge < -0.3 is 16.0 Å². The van der Waals surface area contributed by atoms with Gasteiger partial charge in [0.05, 0.1) is 11.3 Å². The molecule has 3 aromatic rings. The highest BCUT2D eigenvalue weighted by molar-refractivity contribution is 5.67. The Bertz CT molecular complexity index is 1130. The van der Waals surface area contributed by atoms with Gasteiger partial charge in [-0.1, -0.05) is 6.08 Å². The van der Waals surface area contributed by atoms with Gasteiger partial charge in [-0.3, -0.25) is 14.1 Å². The molecule has 0 radical (unpaired) electrons. The number of imidazole rings is 1. The van der Waals surface area contributed by atoms with Gasteiger partial charge in [-0.2, -0.15) is 0 Å². The molecule has 0 fully saturated rings. The Labute approximate surface area is 180 Å². The van der Waals surface area contributed by atoms with Crippen molar-refractivity contribution in [1.82, 2.24) is 18.9 Å². The Morgan fingerprint density at radius 2 is 1.81 bits per heavy atom. The predicted octanol–water partition coefficient (Wildman–Crippen LogP) is 2.09. The zero-order valence-electron chi connectivity index (χ0n) is 17.6. The molecule has 0 unspecified atom stereocenters. The van der Waals surface area contributed by atoms with Crippen molar-refractivity contribution in [3.8, 4) is 11.3 Å². The second-order valence-electron chi connectivity index (χ2n) is 7.88. The van der Waals surface area contributed by atoms with Crippen molar-refractivity contribution >= 4 is 11.4 Å². The summed E-state index contributed by atoms with van der Waals surface area (Å²) >= 11 is 0. The summed E-state index contributed by atoms with van der Waals surface area (Å²) in [4.78, 5) is 20.3. The van der Waals surface area contributed by atoms with Crippen LogP contribution in [0.15, 0.2) is 47.5 Å². The van der Waals surface area contributed by atoms with E-state index < -0.39 is 0 Å². The molecule has 0 amide bonds. The smallest absolute Gasteiger partial charge is 0.266 e. The third kappa shape index (κ3) is 4.46. The average molecular weight is 425 g/mol. The average Bonchev–Trinajstić information content (AvgIpc) is 3.17. The van der Waals surface area contributed by atoms with E-state index in [1.165, 1.54) is 12.1 Å². The van der Waals surface area contributed by atoms with Gasteiger partial charge in [0.25, 0.3) is 5.56 Å². The molecular weight excluding hydrogens is 395 g/mol. The van der Waals surface area contributed by atoms with Crippen LogP contribution in [0.4, 0.5) is 4.39 Å². The lowest BCUT2D eigenvalue weighted by Crippen LogP contribution is -2.31. The Kier molecular flexibility index (Phi) is 6.60. The first-order chi connectivity index (χ1) is 15.1. The molecule has 1 aliphatic rings. The van der Waals surface area contributed by atoms with E-state index in [4.69, 9.17) is 11.5 Å². The van der Waals surface area contributed by atoms with Gasteiger partial charge in [0.15, 0.2) is 0 Å². The maximum Gasteiger partial charge on any atom is 0.266 e. The lowest BCUT2D eigenvalue weighted by Gasteiger charge is -2.25. The quantitative estimate of drug-likeness (QED) is 0.577. The van der Waals surface area contributed by atoms with E-state index in [0.717, 1.165) is 55.7 Å². The molecular formula is C23H29FN6O. The van der Waals surface area contributed by atoms with Crippen LogP contribution in [0.5, 0.6) is 0 Å². The third-order valence-corrected chi connectivity index (χ3v) is 5.80. The summed E-state index contributed by atoms with van der Waals surface area (Å²) in [6.07, 6.45) is 8.15. The lowest BCUT2D eigenvalue weighted by molar-refractivity contribution is 0.299. The molecule has 3 heterocycles. The first-order valence-corrected chi connectivity index (χ1v) is 10.8. The molecule has 0 saturated heterocycles. The molecule has 0 atom stereocenters. The number of nitrogens with two attached hydrogens (primary N) is 2. The Hall–Kier alpha value is -2.81. The summed E-state index contributed by atoms with van der Waals surface area (Å²) in [5.74, 6) is 0.276. The minimum Gasteiger partial charge on any atom is -0.330 e. The van der Waals surface area contributed by atoms with Gasteiger partial charge in [-0.25, -0.2) is 9.37 Å². The summed E-state index contributed by atoms with van der Waals surface area (Å²) in [6.45, 7) is 4.55. The van der Waals surface area contributed by atoms with Gasteiger partial charge in [-0.15, -0.1) is 0 Å². The molecule has 2 aromatic heterocycles. The van der Waals surface area contributed by atoms with Crippen molar-refractivity contribution in [2.75, 3.05) is 32.7 Å². The number of fused-ring (bicyclic) bond motifs is 1. The van der Waals surface area contributed by atoms with Crippen LogP contribution in [-0.2, 0) is 6.54 Å². The summed E-state index contributed by atoms with van der Waals surface area (Å²) in [5.41, 5.74) is 14.6. The van der Waals surface area contributed by atoms with E-state index in [-0.39, 0.29) is 11.4 Å². The summed E-state index contributed by atoms with van der Waals surface area (Å²) in [7, 11) is 0. The van der Waals surface area contributed by atoms with Gasteiger partial charge in [0.1, 0.15) is 5.82 Å². The van der Waals surface area contributed by atoms with Crippen molar-refractivity contribution in [3.63, 3.8) is 0 Å². The Morgan fingerprint density at radius 1 is 1.06 bits per heavy atom. The molecule has 31 heavy (non-hydrogen) atoms. The highest BCUT2D eigenvalue weighted by Crippen LogP contribution is 2.24. The monoisotopic (exact) mass is 424 g/mol. The molecule has 8 heteroatoms. The molecule has 1 aliphatic heterocycles. The number of benzene rings is 1. The van der Waals surface area contributed by atoms with Crippen LogP contribution in [0.1, 0.15) is 24.8 Å². The van der Waals surface area contributed by atoms with Crippen molar-refractivity contribution < 1.29 is 4.39 Å². The number of halogens is 1. The predicted molar refractivity (Wildman–Crippen MR) is 121 cm³/mol. The maximum atomic E-state index is 13.4. The minimum atomic E-state index is -0.296. The van der Waals surface area contributed by atoms with Crippen LogP contribution < -0.4 is 17.0 Å². The van der Waals surface area contributed by atoms with E-state index in [1.54, 1.807) is 28.9 Å². The fourth-order valence-corrected chi connectivity index (χ4v) is 4.09. The second-order valence-corrected chi connectivity index (χ2v) is 7.88. The highest BCUT2D eigenvalue weighted by atomic mass is 19.1. The normalized spacial score (nSPS) is 14.9. The molecule has 164 valence electrons. The van der Waals surface area contributed by atoms with Crippen LogP contribution >= 0.6 is 0 Å². The molecule has 0 saturated carbocycles. The van der Waals surface area contributed by atoms with E-state index >= 15 is 0 Å². The Balaban J connectivity index is 1.73. The fourth-order valence-electron chi connectivity index (χ4n) is 4.09. The number of hydrogen-bond donors (Lipinski definition) is 2. The van der Waals surface area contributed by atoms with Gasteiger partial charge in [0, 0.05) is 32.0 Å². The molecule has 4 N–H and O–H groups in total. The molecule has 0 bridgehead atoms. The van der Waals surface area contributed by atoms with Crippen LogP contribution in [-0.4, -0.2) is 51.6 Å². The number of hydrogen-bond acceptors (Lipinski definition) is 5. The van der Waals surface area contributed by atoms with Crippen molar-refractivity contribution in [1.29, 1.82) is 0 Å². The first-order valence-electron chi connectivity index (χ1n) is 10.8. The number of aryl methyl sites for hydroxylation is 1. The highest BCUT2D eigenvalue weighted by Gasteiger charge is 2.19. The second kappa shape index (κ2) is 9.55. The number of rotatable bonds is 8. The van der Waals surface area contributed by atoms with Gasteiger partial charge in [-0.05, 0) is 74.3 Å². The minimum absolute atomic E-state index is 0.0819. The third-order valence-electron chi connectivity index (χ3n) is 5.80. The maximum absolute atomic E-state index is 13.4. The summed E-state index contributed by atoms with van der Waals surface area (Å²) in [6, 6.07) is 6.28. The van der Waals surface area contributed by atoms with E-state index in [1.807, 2.05) is 4.57 Å². The van der Waals surface area contributed by atoms with E-state index in [0.29, 0.717) is 31.0 Å². The standard InChI is InChI=1S/C23H29FN6O/c24-19-5-3-18(4-6-19)21-16-30-22(31)20(15-27-23(30)29(21)12-2-10-26)17-7-13-28(14-8-17)11-1-9-25/h3-7,15-16H,1-2,8-14,25-26H2. The van der Waals surface area contributed by atoms with Crippen molar-refractivity contribution in [2.24, 2.45) is 11.5 Å². The zero-order valence-corrected chi connectivity index (χ0v) is 17.6. The first kappa shape index (κ1) is 21.4. The number of aromatic nitrogens is 3. The van der Waals surface area contributed by atoms with Crippen LogP contribution in [0.25, 0.3) is 22.6 Å². The van der Waals surface area contributed by atoms with E-state index in [2.05, 4.69) is 16.0 Å². The zero-order chi connectivity index (χ0) is 21.8. The van der Waals surface area contributed by atoms with Crippen molar-refractivity contribution in [3.05, 3.63) is 64.5 Å². The topological polar surface area (TPSA) is 94.6 Å². The van der Waals surface area contributed by atoms with Gasteiger partial charge in [0.2, 0.25) is 5.78 Å². The molecule has 1 aromatic carbocycles. The fraction of sp³-hybridized carbons (Fsp3) is 0.391. The van der Waals surface area contributed by atoms with Crippen molar-refractivity contribution in [2.45, 2.75) is 25.8 Å². The summed E-state index contributed by atoms with van der Waals surface area (Å²) < 4.78 is 17.0. The molecule has 0 spiro atoms. The number of nitrogens with zero attached hydrogens (tertiary/aromatic N) is 4. The van der Waals surface area contributed by atoms with Crippen LogP contribution in [0.3, 0.4) is 0 Å². The molecule has 4 rings (SSSR count). The molecule has 0 aliphatic carbocycles. The largest absolute Gasteiger partial charge is 0.330 e. The molecule has 7 nitrogen and oxygen atoms in total. The van der Waals surface area contributed by atoms with Crippen LogP contribution in [0, 0.1) is 5.82 Å². The van der Waals surface area contributed by atoms with Gasteiger partial charge >= 0.3 is 0 Å². The van der Waals surface area contributed by atoms with E-state index in [9.17, 15) is 9.18 Å². The lowest BCUT2D eigenvalue weighted by atomic mass is 10.0.